The molecule has 1 amide bonds. The first-order valence-electron chi connectivity index (χ1n) is 8.14. The molecule has 128 valence electrons. The quantitative estimate of drug-likeness (QED) is 0.921. The second-order valence-corrected chi connectivity index (χ2v) is 7.59. The number of anilines is 2. The fourth-order valence-electron chi connectivity index (χ4n) is 2.87. The van der Waals surface area contributed by atoms with E-state index in [0.29, 0.717) is 0 Å². The molecule has 2 aromatic heterocycles. The Balaban J connectivity index is 1.66. The maximum absolute atomic E-state index is 12.4. The van der Waals surface area contributed by atoms with E-state index in [2.05, 4.69) is 20.2 Å². The molecule has 0 spiro atoms. The number of aryl methyl sites for hydroxylation is 1. The first-order valence-corrected chi connectivity index (χ1v) is 8.96. The molecule has 1 atom stereocenters. The molecule has 0 radical (unpaired) electrons. The zero-order valence-electron chi connectivity index (χ0n) is 14.3. The van der Waals surface area contributed by atoms with E-state index in [0.717, 1.165) is 47.3 Å². The Morgan fingerprint density at radius 3 is 2.92 bits per heavy atom. The van der Waals surface area contributed by atoms with E-state index in [1.54, 1.807) is 6.33 Å². The van der Waals surface area contributed by atoms with Crippen LogP contribution in [0.25, 0.3) is 0 Å². The molecule has 3 heterocycles. The lowest BCUT2D eigenvalue weighted by Gasteiger charge is -2.34. The standard InChI is InChI=1S/C17H23N5OS/c1-12-6-7-14(24-12)17(23)20-13-5-4-8-22(10-13)16-9-15(21(2)3)18-11-19-16/h6-7,9,11,13H,4-5,8,10H2,1-3H3,(H,20,23). The summed E-state index contributed by atoms with van der Waals surface area (Å²) in [5, 5.41) is 3.16. The summed E-state index contributed by atoms with van der Waals surface area (Å²) in [7, 11) is 3.93. The number of nitrogens with one attached hydrogen (secondary N) is 1. The van der Waals surface area contributed by atoms with Gasteiger partial charge in [-0.05, 0) is 31.9 Å². The molecule has 3 rings (SSSR count). The lowest BCUT2D eigenvalue weighted by atomic mass is 10.1. The van der Waals surface area contributed by atoms with Gasteiger partial charge in [-0.2, -0.15) is 0 Å². The average molecular weight is 345 g/mol. The van der Waals surface area contributed by atoms with E-state index in [9.17, 15) is 4.79 Å². The van der Waals surface area contributed by atoms with Crippen LogP contribution in [0.3, 0.4) is 0 Å². The van der Waals surface area contributed by atoms with E-state index < -0.39 is 0 Å². The highest BCUT2D eigenvalue weighted by atomic mass is 32.1. The normalized spacial score (nSPS) is 17.6. The highest BCUT2D eigenvalue weighted by molar-refractivity contribution is 7.13. The van der Waals surface area contributed by atoms with Crippen LogP contribution in [0.4, 0.5) is 11.6 Å². The molecule has 2 aromatic rings. The molecule has 1 saturated heterocycles. The third-order valence-electron chi connectivity index (χ3n) is 4.14. The maximum atomic E-state index is 12.4. The maximum Gasteiger partial charge on any atom is 0.261 e. The first kappa shape index (κ1) is 16.7. The van der Waals surface area contributed by atoms with Crippen molar-refractivity contribution in [2.24, 2.45) is 0 Å². The third-order valence-corrected chi connectivity index (χ3v) is 5.14. The Kier molecular flexibility index (Phi) is 4.99. The fourth-order valence-corrected chi connectivity index (χ4v) is 3.64. The van der Waals surface area contributed by atoms with Crippen LogP contribution in [0, 0.1) is 6.92 Å². The van der Waals surface area contributed by atoms with Gasteiger partial charge in [0, 0.05) is 44.2 Å². The van der Waals surface area contributed by atoms with Gasteiger partial charge in [0.25, 0.3) is 5.91 Å². The predicted molar refractivity (Wildman–Crippen MR) is 98.1 cm³/mol. The highest BCUT2D eigenvalue weighted by Gasteiger charge is 2.23. The second kappa shape index (κ2) is 7.17. The van der Waals surface area contributed by atoms with E-state index in [1.807, 2.05) is 44.1 Å². The van der Waals surface area contributed by atoms with Crippen molar-refractivity contribution < 1.29 is 4.79 Å². The van der Waals surface area contributed by atoms with E-state index in [1.165, 1.54) is 11.3 Å². The molecule has 6 nitrogen and oxygen atoms in total. The summed E-state index contributed by atoms with van der Waals surface area (Å²) in [5.74, 6) is 1.83. The monoisotopic (exact) mass is 345 g/mol. The van der Waals surface area contributed by atoms with Crippen molar-refractivity contribution in [2.75, 3.05) is 37.0 Å². The van der Waals surface area contributed by atoms with E-state index >= 15 is 0 Å². The number of amides is 1. The average Bonchev–Trinajstić information content (AvgIpc) is 3.02. The Morgan fingerprint density at radius 1 is 1.38 bits per heavy atom. The molecule has 1 unspecified atom stereocenters. The molecule has 24 heavy (non-hydrogen) atoms. The van der Waals surface area contributed by atoms with Crippen LogP contribution >= 0.6 is 11.3 Å². The molecule has 0 aromatic carbocycles. The molecule has 1 N–H and O–H groups in total. The minimum Gasteiger partial charge on any atom is -0.363 e. The summed E-state index contributed by atoms with van der Waals surface area (Å²) >= 11 is 1.53. The van der Waals surface area contributed by atoms with Crippen LogP contribution in [-0.2, 0) is 0 Å². The largest absolute Gasteiger partial charge is 0.363 e. The lowest BCUT2D eigenvalue weighted by molar-refractivity contribution is 0.0937. The number of thiophene rings is 1. The lowest BCUT2D eigenvalue weighted by Crippen LogP contribution is -2.48. The molecule has 0 bridgehead atoms. The van der Waals surface area contributed by atoms with Gasteiger partial charge in [0.05, 0.1) is 4.88 Å². The SMILES string of the molecule is Cc1ccc(C(=O)NC2CCCN(c3cc(N(C)C)ncn3)C2)s1. The molecule has 1 fully saturated rings. The highest BCUT2D eigenvalue weighted by Crippen LogP contribution is 2.21. The van der Waals surface area contributed by atoms with Gasteiger partial charge >= 0.3 is 0 Å². The Labute approximate surface area is 146 Å². The van der Waals surface area contributed by atoms with Gasteiger partial charge in [0.2, 0.25) is 0 Å². The van der Waals surface area contributed by atoms with Crippen molar-refractivity contribution in [3.8, 4) is 0 Å². The van der Waals surface area contributed by atoms with Gasteiger partial charge in [-0.3, -0.25) is 4.79 Å². The summed E-state index contributed by atoms with van der Waals surface area (Å²) in [6, 6.07) is 6.01. The third kappa shape index (κ3) is 3.84. The number of carbonyl (C=O) groups excluding carboxylic acids is 1. The Hall–Kier alpha value is -2.15. The molecule has 7 heteroatoms. The second-order valence-electron chi connectivity index (χ2n) is 6.30. The van der Waals surface area contributed by atoms with Crippen molar-refractivity contribution >= 4 is 28.9 Å². The Morgan fingerprint density at radius 2 is 2.21 bits per heavy atom. The zero-order valence-corrected chi connectivity index (χ0v) is 15.1. The number of hydrogen-bond acceptors (Lipinski definition) is 6. The van der Waals surface area contributed by atoms with Crippen molar-refractivity contribution in [1.82, 2.24) is 15.3 Å². The predicted octanol–water partition coefficient (Wildman–Crippen LogP) is 2.31. The number of rotatable bonds is 4. The van der Waals surface area contributed by atoms with Crippen LogP contribution < -0.4 is 15.1 Å². The van der Waals surface area contributed by atoms with Gasteiger partial charge in [-0.15, -0.1) is 11.3 Å². The summed E-state index contributed by atoms with van der Waals surface area (Å²) in [5.41, 5.74) is 0. The van der Waals surface area contributed by atoms with Gasteiger partial charge in [-0.25, -0.2) is 9.97 Å². The van der Waals surface area contributed by atoms with Crippen molar-refractivity contribution in [2.45, 2.75) is 25.8 Å². The minimum atomic E-state index is 0.0246. The number of aromatic nitrogens is 2. The van der Waals surface area contributed by atoms with Gasteiger partial charge < -0.3 is 15.1 Å². The Bertz CT molecular complexity index is 715. The molecule has 0 saturated carbocycles. The van der Waals surface area contributed by atoms with Crippen LogP contribution in [0.2, 0.25) is 0 Å². The summed E-state index contributed by atoms with van der Waals surface area (Å²) in [4.78, 5) is 27.1. The molecule has 1 aliphatic heterocycles. The summed E-state index contributed by atoms with van der Waals surface area (Å²) in [6.45, 7) is 3.75. The first-order chi connectivity index (χ1) is 11.5. The number of carbonyl (C=O) groups is 1. The van der Waals surface area contributed by atoms with E-state index in [4.69, 9.17) is 0 Å². The fraction of sp³-hybridized carbons (Fsp3) is 0.471. The molecule has 0 aliphatic carbocycles. The number of hydrogen-bond donors (Lipinski definition) is 1. The van der Waals surface area contributed by atoms with Gasteiger partial charge in [-0.1, -0.05) is 0 Å². The van der Waals surface area contributed by atoms with Gasteiger partial charge in [0.15, 0.2) is 0 Å². The van der Waals surface area contributed by atoms with Crippen molar-refractivity contribution in [3.63, 3.8) is 0 Å². The van der Waals surface area contributed by atoms with Crippen LogP contribution in [0.15, 0.2) is 24.5 Å². The van der Waals surface area contributed by atoms with Crippen LogP contribution in [0.5, 0.6) is 0 Å². The minimum absolute atomic E-state index is 0.0246. The van der Waals surface area contributed by atoms with Crippen LogP contribution in [0.1, 0.15) is 27.4 Å². The number of nitrogens with zero attached hydrogens (tertiary/aromatic N) is 4. The molecular formula is C17H23N5OS. The van der Waals surface area contributed by atoms with Crippen molar-refractivity contribution in [3.05, 3.63) is 34.3 Å². The van der Waals surface area contributed by atoms with Crippen molar-refractivity contribution in [1.29, 1.82) is 0 Å². The number of piperidine rings is 1. The summed E-state index contributed by atoms with van der Waals surface area (Å²) in [6.07, 6.45) is 3.63. The van der Waals surface area contributed by atoms with Gasteiger partial charge in [0.1, 0.15) is 18.0 Å². The zero-order chi connectivity index (χ0) is 17.1. The molecular weight excluding hydrogens is 322 g/mol. The smallest absolute Gasteiger partial charge is 0.261 e. The topological polar surface area (TPSA) is 61.4 Å². The van der Waals surface area contributed by atoms with E-state index in [-0.39, 0.29) is 11.9 Å². The van der Waals surface area contributed by atoms with Crippen LogP contribution in [-0.4, -0.2) is 49.1 Å². The summed E-state index contributed by atoms with van der Waals surface area (Å²) < 4.78 is 0. The molecule has 1 aliphatic rings.